The zero-order valence-corrected chi connectivity index (χ0v) is 9.53. The van der Waals surface area contributed by atoms with Gasteiger partial charge in [0, 0.05) is 19.0 Å². The average molecular weight is 272 g/mol. The molecule has 2 rings (SSSR count). The molecule has 0 bridgehead atoms. The lowest BCUT2D eigenvalue weighted by Crippen LogP contribution is -2.27. The topological polar surface area (TPSA) is 64.1 Å². The van der Waals surface area contributed by atoms with Gasteiger partial charge in [-0.25, -0.2) is 9.97 Å². The van der Waals surface area contributed by atoms with E-state index in [9.17, 15) is 4.79 Å². The molecule has 1 saturated heterocycles. The van der Waals surface area contributed by atoms with Crippen LogP contribution in [0.2, 0.25) is 0 Å². The summed E-state index contributed by atoms with van der Waals surface area (Å²) in [6, 6.07) is 0. The number of rotatable bonds is 2. The highest BCUT2D eigenvalue weighted by molar-refractivity contribution is 9.10. The molecule has 1 aliphatic heterocycles. The Morgan fingerprint density at radius 2 is 2.27 bits per heavy atom. The fourth-order valence-corrected chi connectivity index (χ4v) is 1.56. The van der Waals surface area contributed by atoms with Crippen LogP contribution in [0.25, 0.3) is 0 Å². The highest BCUT2D eigenvalue weighted by atomic mass is 79.9. The van der Waals surface area contributed by atoms with Gasteiger partial charge < -0.3 is 4.74 Å². The van der Waals surface area contributed by atoms with Crippen LogP contribution in [0.4, 0.5) is 5.95 Å². The van der Waals surface area contributed by atoms with Gasteiger partial charge in [0.25, 0.3) is 5.91 Å². The minimum atomic E-state index is -0.350. The highest BCUT2D eigenvalue weighted by Gasteiger charge is 2.23. The van der Waals surface area contributed by atoms with Crippen molar-refractivity contribution in [2.24, 2.45) is 0 Å². The Balaban J connectivity index is 1.96. The monoisotopic (exact) mass is 271 g/mol. The number of amides is 1. The van der Waals surface area contributed by atoms with Gasteiger partial charge in [-0.2, -0.15) is 0 Å². The van der Waals surface area contributed by atoms with Crippen LogP contribution in [-0.2, 0) is 9.53 Å². The normalized spacial score (nSPS) is 20.2. The Morgan fingerprint density at radius 1 is 1.53 bits per heavy atom. The van der Waals surface area contributed by atoms with Crippen molar-refractivity contribution in [3.63, 3.8) is 0 Å². The molecule has 0 aliphatic carbocycles. The standard InChI is InChI=1S/C9H10BrN3O2/c10-6-4-11-9(12-5-6)13-8(14)7-2-1-3-15-7/h4-5,7H,1-3H2,(H,11,12,13,14). The van der Waals surface area contributed by atoms with E-state index < -0.39 is 0 Å². The predicted molar refractivity (Wildman–Crippen MR) is 57.3 cm³/mol. The number of carbonyl (C=O) groups is 1. The summed E-state index contributed by atoms with van der Waals surface area (Å²) in [5, 5.41) is 2.60. The van der Waals surface area contributed by atoms with Crippen molar-refractivity contribution in [1.82, 2.24) is 9.97 Å². The van der Waals surface area contributed by atoms with Crippen molar-refractivity contribution < 1.29 is 9.53 Å². The number of nitrogens with one attached hydrogen (secondary N) is 1. The molecule has 0 saturated carbocycles. The van der Waals surface area contributed by atoms with Gasteiger partial charge in [0.05, 0.1) is 4.47 Å². The summed E-state index contributed by atoms with van der Waals surface area (Å²) in [7, 11) is 0. The summed E-state index contributed by atoms with van der Waals surface area (Å²) >= 11 is 3.22. The lowest BCUT2D eigenvalue weighted by molar-refractivity contribution is -0.124. The molecule has 0 radical (unpaired) electrons. The summed E-state index contributed by atoms with van der Waals surface area (Å²) in [6.07, 6.45) is 4.51. The first-order valence-corrected chi connectivity index (χ1v) is 5.45. The molecule has 5 nitrogen and oxygen atoms in total. The van der Waals surface area contributed by atoms with Crippen molar-refractivity contribution in [3.05, 3.63) is 16.9 Å². The number of aromatic nitrogens is 2. The number of hydrogen-bond acceptors (Lipinski definition) is 4. The number of carbonyl (C=O) groups excluding carboxylic acids is 1. The van der Waals surface area contributed by atoms with Crippen LogP contribution in [0.3, 0.4) is 0 Å². The summed E-state index contributed by atoms with van der Waals surface area (Å²) in [6.45, 7) is 0.652. The van der Waals surface area contributed by atoms with Crippen molar-refractivity contribution in [2.75, 3.05) is 11.9 Å². The molecule has 1 aromatic heterocycles. The van der Waals surface area contributed by atoms with Crippen molar-refractivity contribution in [1.29, 1.82) is 0 Å². The van der Waals surface area contributed by atoms with E-state index in [1.54, 1.807) is 12.4 Å². The maximum atomic E-state index is 11.6. The first-order chi connectivity index (χ1) is 7.25. The quantitative estimate of drug-likeness (QED) is 0.882. The van der Waals surface area contributed by atoms with E-state index >= 15 is 0 Å². The molecule has 1 amide bonds. The third-order valence-corrected chi connectivity index (χ3v) is 2.49. The van der Waals surface area contributed by atoms with Gasteiger partial charge in [0.2, 0.25) is 5.95 Å². The number of nitrogens with zero attached hydrogens (tertiary/aromatic N) is 2. The zero-order chi connectivity index (χ0) is 10.7. The van der Waals surface area contributed by atoms with E-state index in [1.807, 2.05) is 0 Å². The molecule has 1 fully saturated rings. The second-order valence-electron chi connectivity index (χ2n) is 3.22. The van der Waals surface area contributed by atoms with Gasteiger partial charge in [-0.3, -0.25) is 10.1 Å². The Labute approximate surface area is 95.4 Å². The molecular weight excluding hydrogens is 262 g/mol. The molecule has 1 atom stereocenters. The van der Waals surface area contributed by atoms with Crippen molar-refractivity contribution >= 4 is 27.8 Å². The Morgan fingerprint density at radius 3 is 2.87 bits per heavy atom. The molecule has 1 aliphatic rings. The second kappa shape index (κ2) is 4.67. The van der Waals surface area contributed by atoms with Gasteiger partial charge in [-0.15, -0.1) is 0 Å². The summed E-state index contributed by atoms with van der Waals surface area (Å²) in [4.78, 5) is 19.5. The summed E-state index contributed by atoms with van der Waals surface area (Å²) < 4.78 is 6.01. The maximum Gasteiger partial charge on any atom is 0.255 e. The van der Waals surface area contributed by atoms with Gasteiger partial charge >= 0.3 is 0 Å². The second-order valence-corrected chi connectivity index (χ2v) is 4.13. The number of ether oxygens (including phenoxy) is 1. The number of halogens is 1. The number of hydrogen-bond donors (Lipinski definition) is 1. The van der Waals surface area contributed by atoms with Crippen LogP contribution >= 0.6 is 15.9 Å². The fraction of sp³-hybridized carbons (Fsp3) is 0.444. The molecule has 1 aromatic rings. The van der Waals surface area contributed by atoms with Crippen LogP contribution in [0.1, 0.15) is 12.8 Å². The van der Waals surface area contributed by atoms with E-state index in [0.29, 0.717) is 12.6 Å². The molecule has 0 spiro atoms. The van der Waals surface area contributed by atoms with Gasteiger partial charge in [-0.1, -0.05) is 0 Å². The lowest BCUT2D eigenvalue weighted by atomic mass is 10.2. The van der Waals surface area contributed by atoms with Crippen LogP contribution in [0, 0.1) is 0 Å². The highest BCUT2D eigenvalue weighted by Crippen LogP contribution is 2.14. The minimum Gasteiger partial charge on any atom is -0.368 e. The van der Waals surface area contributed by atoms with E-state index in [0.717, 1.165) is 17.3 Å². The number of anilines is 1. The first-order valence-electron chi connectivity index (χ1n) is 4.66. The molecule has 6 heteroatoms. The molecule has 15 heavy (non-hydrogen) atoms. The molecule has 2 heterocycles. The van der Waals surface area contributed by atoms with E-state index in [-0.39, 0.29) is 12.0 Å². The third-order valence-electron chi connectivity index (χ3n) is 2.08. The molecule has 0 aromatic carbocycles. The maximum absolute atomic E-state index is 11.6. The van der Waals surface area contributed by atoms with Crippen LogP contribution in [0.15, 0.2) is 16.9 Å². The smallest absolute Gasteiger partial charge is 0.255 e. The van der Waals surface area contributed by atoms with Crippen LogP contribution in [-0.4, -0.2) is 28.6 Å². The third kappa shape index (κ3) is 2.73. The predicted octanol–water partition coefficient (Wildman–Crippen LogP) is 1.36. The Kier molecular flexibility index (Phi) is 3.27. The largest absolute Gasteiger partial charge is 0.368 e. The van der Waals surface area contributed by atoms with E-state index in [4.69, 9.17) is 4.74 Å². The first kappa shape index (κ1) is 10.5. The van der Waals surface area contributed by atoms with Gasteiger partial charge in [0.1, 0.15) is 6.10 Å². The Hall–Kier alpha value is -1.01. The molecule has 1 unspecified atom stereocenters. The van der Waals surface area contributed by atoms with Gasteiger partial charge in [0.15, 0.2) is 0 Å². The SMILES string of the molecule is O=C(Nc1ncc(Br)cn1)C1CCCO1. The summed E-state index contributed by atoms with van der Waals surface area (Å²) in [5.74, 6) is 0.133. The molecule has 80 valence electrons. The zero-order valence-electron chi connectivity index (χ0n) is 7.94. The average Bonchev–Trinajstić information content (AvgIpc) is 2.74. The lowest BCUT2D eigenvalue weighted by Gasteiger charge is -2.08. The van der Waals surface area contributed by atoms with Crippen molar-refractivity contribution in [3.8, 4) is 0 Å². The van der Waals surface area contributed by atoms with E-state index in [1.165, 1.54) is 0 Å². The van der Waals surface area contributed by atoms with Gasteiger partial charge in [-0.05, 0) is 28.8 Å². The Bertz CT molecular complexity index is 349. The van der Waals surface area contributed by atoms with Crippen LogP contribution in [0.5, 0.6) is 0 Å². The van der Waals surface area contributed by atoms with Crippen LogP contribution < -0.4 is 5.32 Å². The fourth-order valence-electron chi connectivity index (χ4n) is 1.35. The van der Waals surface area contributed by atoms with E-state index in [2.05, 4.69) is 31.2 Å². The molecular formula is C9H10BrN3O2. The summed E-state index contributed by atoms with van der Waals surface area (Å²) in [5.41, 5.74) is 0. The molecule has 1 N–H and O–H groups in total. The van der Waals surface area contributed by atoms with Crippen molar-refractivity contribution in [2.45, 2.75) is 18.9 Å². The minimum absolute atomic E-state index is 0.171.